The van der Waals surface area contributed by atoms with Crippen LogP contribution in [0.3, 0.4) is 0 Å². The number of H-pyrrole nitrogens is 1. The number of anilines is 1. The summed E-state index contributed by atoms with van der Waals surface area (Å²) >= 11 is 0. The minimum Gasteiger partial charge on any atom is -0.493 e. The predicted octanol–water partition coefficient (Wildman–Crippen LogP) is 3.47. The lowest BCUT2D eigenvalue weighted by atomic mass is 10.0. The van der Waals surface area contributed by atoms with Gasteiger partial charge in [0.25, 0.3) is 0 Å². The van der Waals surface area contributed by atoms with Crippen molar-refractivity contribution in [2.45, 2.75) is 6.61 Å². The number of nitrogens with one attached hydrogen (secondary N) is 1. The van der Waals surface area contributed by atoms with Gasteiger partial charge in [-0.1, -0.05) is 29.5 Å². The third kappa shape index (κ3) is 3.29. The predicted molar refractivity (Wildman–Crippen MR) is 98.8 cm³/mol. The van der Waals surface area contributed by atoms with E-state index in [2.05, 4.69) is 20.4 Å². The second kappa shape index (κ2) is 7.10. The van der Waals surface area contributed by atoms with E-state index in [0.717, 1.165) is 11.6 Å². The highest BCUT2D eigenvalue weighted by Crippen LogP contribution is 2.33. The van der Waals surface area contributed by atoms with Crippen LogP contribution in [-0.2, 0) is 6.61 Å². The van der Waals surface area contributed by atoms with Gasteiger partial charge in [-0.2, -0.15) is 0 Å². The fourth-order valence-corrected chi connectivity index (χ4v) is 2.86. The number of aromatic nitrogens is 4. The molecule has 0 atom stereocenters. The van der Waals surface area contributed by atoms with Crippen LogP contribution in [-0.4, -0.2) is 27.5 Å². The molecular weight excluding hydrogens is 368 g/mol. The molecule has 0 unspecified atom stereocenters. The number of nitrogen functional groups attached to an aromatic ring is 1. The van der Waals surface area contributed by atoms with E-state index >= 15 is 0 Å². The molecule has 0 radical (unpaired) electrons. The molecule has 0 aliphatic heterocycles. The van der Waals surface area contributed by atoms with E-state index in [4.69, 9.17) is 15.2 Å². The van der Waals surface area contributed by atoms with Crippen LogP contribution in [0, 0.1) is 11.6 Å². The second-order valence-corrected chi connectivity index (χ2v) is 6.01. The van der Waals surface area contributed by atoms with Crippen molar-refractivity contribution in [2.75, 3.05) is 12.8 Å². The van der Waals surface area contributed by atoms with Crippen molar-refractivity contribution in [3.05, 3.63) is 59.7 Å². The number of rotatable bonds is 5. The first-order chi connectivity index (χ1) is 13.5. The number of halogens is 2. The zero-order valence-corrected chi connectivity index (χ0v) is 14.7. The highest BCUT2D eigenvalue weighted by molar-refractivity contribution is 5.79. The second-order valence-electron chi connectivity index (χ2n) is 6.01. The number of pyridine rings is 1. The number of aromatic amines is 1. The first kappa shape index (κ1) is 17.7. The van der Waals surface area contributed by atoms with Crippen LogP contribution in [0.2, 0.25) is 0 Å². The lowest BCUT2D eigenvalue weighted by Crippen LogP contribution is -1.99. The molecule has 4 aromatic rings. The number of fused-ring (bicyclic) bond motifs is 1. The summed E-state index contributed by atoms with van der Waals surface area (Å²) in [5, 5.41) is 10.3. The molecule has 0 saturated carbocycles. The first-order valence-electron chi connectivity index (χ1n) is 8.27. The van der Waals surface area contributed by atoms with Gasteiger partial charge in [0, 0.05) is 17.7 Å². The lowest BCUT2D eigenvalue weighted by Gasteiger charge is -2.11. The van der Waals surface area contributed by atoms with Gasteiger partial charge in [-0.3, -0.25) is 0 Å². The van der Waals surface area contributed by atoms with Crippen molar-refractivity contribution in [3.63, 3.8) is 0 Å². The van der Waals surface area contributed by atoms with Gasteiger partial charge in [-0.15, -0.1) is 5.10 Å². The molecule has 2 aromatic carbocycles. The van der Waals surface area contributed by atoms with Crippen molar-refractivity contribution < 1.29 is 18.3 Å². The normalized spacial score (nSPS) is 11.0. The first-order valence-corrected chi connectivity index (χ1v) is 8.27. The van der Waals surface area contributed by atoms with Crippen LogP contribution >= 0.6 is 0 Å². The molecule has 0 amide bonds. The number of methoxy groups -OCH3 is 1. The summed E-state index contributed by atoms with van der Waals surface area (Å²) in [6.07, 6.45) is 0. The minimum atomic E-state index is -0.753. The molecule has 0 fully saturated rings. The Morgan fingerprint density at radius 3 is 2.64 bits per heavy atom. The summed E-state index contributed by atoms with van der Waals surface area (Å²) in [6.45, 7) is 0.236. The largest absolute Gasteiger partial charge is 0.493 e. The van der Waals surface area contributed by atoms with E-state index in [1.54, 1.807) is 30.3 Å². The molecule has 7 nitrogen and oxygen atoms in total. The Hall–Kier alpha value is -3.75. The Balaban J connectivity index is 1.57. The van der Waals surface area contributed by atoms with Gasteiger partial charge in [0.2, 0.25) is 0 Å². The molecule has 2 aromatic heterocycles. The Kier molecular flexibility index (Phi) is 4.48. The van der Waals surface area contributed by atoms with Crippen LogP contribution in [0.1, 0.15) is 5.56 Å². The molecule has 3 N–H and O–H groups in total. The fourth-order valence-electron chi connectivity index (χ4n) is 2.86. The van der Waals surface area contributed by atoms with E-state index in [-0.39, 0.29) is 18.2 Å². The Bertz CT molecular complexity index is 1150. The molecule has 0 aliphatic carbocycles. The number of nitrogens with zero attached hydrogens (tertiary/aromatic N) is 3. The van der Waals surface area contributed by atoms with Crippen molar-refractivity contribution >= 4 is 17.0 Å². The summed E-state index contributed by atoms with van der Waals surface area (Å²) < 4.78 is 38.4. The molecule has 2 heterocycles. The third-order valence-electron chi connectivity index (χ3n) is 4.16. The molecule has 28 heavy (non-hydrogen) atoms. The maximum atomic E-state index is 13.9. The molecule has 0 bridgehead atoms. The molecule has 0 spiro atoms. The number of hydrogen-bond acceptors (Lipinski definition) is 6. The smallest absolute Gasteiger partial charge is 0.181 e. The van der Waals surface area contributed by atoms with Crippen LogP contribution < -0.4 is 15.2 Å². The lowest BCUT2D eigenvalue weighted by molar-refractivity contribution is 0.309. The maximum Gasteiger partial charge on any atom is 0.181 e. The number of nitrogens with two attached hydrogens (primary N) is 1. The standard InChI is InChI=1S/C19H15F2N5O2/c1-27-18-13(6-12(20)7-14(18)21)11-4-2-10(3-5-11)9-28-15-8-16(22)23-19-17(15)24-26-25-19/h2-8H,9H2,1H3,(H3,22,23,24,25,26). The monoisotopic (exact) mass is 383 g/mol. The van der Waals surface area contributed by atoms with Crippen LogP contribution in [0.4, 0.5) is 14.6 Å². The van der Waals surface area contributed by atoms with E-state index < -0.39 is 11.6 Å². The SMILES string of the molecule is COc1c(F)cc(F)cc1-c1ccc(COc2cc(N)nc3[nH]nnc23)cc1. The Morgan fingerprint density at radius 1 is 1.11 bits per heavy atom. The van der Waals surface area contributed by atoms with E-state index in [9.17, 15) is 8.78 Å². The number of benzene rings is 2. The van der Waals surface area contributed by atoms with Crippen molar-refractivity contribution in [2.24, 2.45) is 0 Å². The third-order valence-corrected chi connectivity index (χ3v) is 4.16. The molecule has 9 heteroatoms. The highest BCUT2D eigenvalue weighted by Gasteiger charge is 2.14. The summed E-state index contributed by atoms with van der Waals surface area (Å²) in [5.41, 5.74) is 8.45. The Morgan fingerprint density at radius 2 is 1.89 bits per heavy atom. The summed E-state index contributed by atoms with van der Waals surface area (Å²) in [6, 6.07) is 10.7. The summed E-state index contributed by atoms with van der Waals surface area (Å²) in [4.78, 5) is 4.07. The van der Waals surface area contributed by atoms with E-state index in [0.29, 0.717) is 28.0 Å². The number of ether oxygens (including phenoxy) is 2. The van der Waals surface area contributed by atoms with Gasteiger partial charge in [0.1, 0.15) is 18.2 Å². The zero-order valence-electron chi connectivity index (χ0n) is 14.7. The van der Waals surface area contributed by atoms with Crippen molar-refractivity contribution in [3.8, 4) is 22.6 Å². The fraction of sp³-hybridized carbons (Fsp3) is 0.105. The Labute approximate surface area is 158 Å². The van der Waals surface area contributed by atoms with Crippen LogP contribution in [0.25, 0.3) is 22.3 Å². The van der Waals surface area contributed by atoms with Crippen LogP contribution in [0.15, 0.2) is 42.5 Å². The van der Waals surface area contributed by atoms with E-state index in [1.165, 1.54) is 13.2 Å². The van der Waals surface area contributed by atoms with Crippen molar-refractivity contribution in [1.82, 2.24) is 20.4 Å². The minimum absolute atomic E-state index is 0.00825. The maximum absolute atomic E-state index is 13.9. The molecular formula is C19H15F2N5O2. The molecule has 4 rings (SSSR count). The van der Waals surface area contributed by atoms with Gasteiger partial charge in [-0.05, 0) is 17.2 Å². The molecule has 142 valence electrons. The van der Waals surface area contributed by atoms with Gasteiger partial charge < -0.3 is 15.2 Å². The van der Waals surface area contributed by atoms with Gasteiger partial charge in [0.15, 0.2) is 28.5 Å². The van der Waals surface area contributed by atoms with Gasteiger partial charge in [-0.25, -0.2) is 18.9 Å². The summed E-state index contributed by atoms with van der Waals surface area (Å²) in [5.74, 6) is -0.700. The van der Waals surface area contributed by atoms with E-state index in [1.807, 2.05) is 0 Å². The average molecular weight is 383 g/mol. The molecule has 0 aliphatic rings. The van der Waals surface area contributed by atoms with Gasteiger partial charge in [0.05, 0.1) is 7.11 Å². The topological polar surface area (TPSA) is 98.9 Å². The van der Waals surface area contributed by atoms with Crippen LogP contribution in [0.5, 0.6) is 11.5 Å². The van der Waals surface area contributed by atoms with Crippen molar-refractivity contribution in [1.29, 1.82) is 0 Å². The summed E-state index contributed by atoms with van der Waals surface area (Å²) in [7, 11) is 1.34. The average Bonchev–Trinajstić information content (AvgIpc) is 3.14. The van der Waals surface area contributed by atoms with Gasteiger partial charge >= 0.3 is 0 Å². The molecule has 0 saturated heterocycles. The zero-order chi connectivity index (χ0) is 19.7. The quantitative estimate of drug-likeness (QED) is 0.548. The number of hydrogen-bond donors (Lipinski definition) is 2. The highest BCUT2D eigenvalue weighted by atomic mass is 19.1.